The molecule has 0 aliphatic carbocycles. The summed E-state index contributed by atoms with van der Waals surface area (Å²) in [4.78, 5) is 0. The van der Waals surface area contributed by atoms with Crippen LogP contribution in [0.2, 0.25) is 0 Å². The second-order valence-corrected chi connectivity index (χ2v) is 5.03. The van der Waals surface area contributed by atoms with E-state index in [1.165, 1.54) is 6.07 Å². The Labute approximate surface area is 113 Å². The lowest BCUT2D eigenvalue weighted by molar-refractivity contribution is -0.0754. The van der Waals surface area contributed by atoms with Gasteiger partial charge in [0, 0.05) is 11.5 Å². The summed E-state index contributed by atoms with van der Waals surface area (Å²) in [6.07, 6.45) is 1.75. The molecule has 2 nitrogen and oxygen atoms in total. The largest absolute Gasteiger partial charge is 0.496 e. The van der Waals surface area contributed by atoms with Crippen molar-refractivity contribution in [3.05, 3.63) is 29.3 Å². The third-order valence-corrected chi connectivity index (χ3v) is 3.90. The first-order valence-corrected chi connectivity index (χ1v) is 6.85. The Kier molecular flexibility index (Phi) is 4.40. The summed E-state index contributed by atoms with van der Waals surface area (Å²) in [6.45, 7) is 3.30. The van der Waals surface area contributed by atoms with Crippen LogP contribution in [0.3, 0.4) is 0 Å². The molecule has 1 aliphatic heterocycles. The lowest BCUT2D eigenvalue weighted by Crippen LogP contribution is -2.36. The third-order valence-electron chi connectivity index (χ3n) is 3.90. The summed E-state index contributed by atoms with van der Waals surface area (Å²) in [5, 5.41) is 3.13. The van der Waals surface area contributed by atoms with Crippen molar-refractivity contribution in [1.29, 1.82) is 0 Å². The average molecular weight is 269 g/mol. The van der Waals surface area contributed by atoms with Crippen LogP contribution in [0.25, 0.3) is 0 Å². The van der Waals surface area contributed by atoms with Gasteiger partial charge in [-0.3, -0.25) is 0 Å². The van der Waals surface area contributed by atoms with Gasteiger partial charge in [-0.2, -0.15) is 0 Å². The van der Waals surface area contributed by atoms with Gasteiger partial charge in [0.2, 0.25) is 0 Å². The number of alkyl halides is 2. The molecule has 2 rings (SSSR count). The molecule has 1 fully saturated rings. The van der Waals surface area contributed by atoms with Crippen LogP contribution in [-0.2, 0) is 12.3 Å². The van der Waals surface area contributed by atoms with Crippen molar-refractivity contribution in [2.75, 3.05) is 20.2 Å². The standard InChI is InChI=1S/C15H21F2NO/c1-3-11-10-13(4-5-14(11)19-2)15(16,17)12-6-8-18-9-7-12/h4-5,10,12,18H,3,6-9H2,1-2H3. The minimum Gasteiger partial charge on any atom is -0.496 e. The van der Waals surface area contributed by atoms with Crippen LogP contribution in [-0.4, -0.2) is 20.2 Å². The van der Waals surface area contributed by atoms with Crippen LogP contribution in [0.15, 0.2) is 18.2 Å². The Balaban J connectivity index is 2.28. The minimum absolute atomic E-state index is 0.122. The van der Waals surface area contributed by atoms with E-state index in [4.69, 9.17) is 4.74 Å². The summed E-state index contributed by atoms with van der Waals surface area (Å²) in [7, 11) is 1.57. The summed E-state index contributed by atoms with van der Waals surface area (Å²) in [5.41, 5.74) is 0.964. The molecule has 1 N–H and O–H groups in total. The molecule has 4 heteroatoms. The zero-order chi connectivity index (χ0) is 13.9. The van der Waals surface area contributed by atoms with E-state index in [2.05, 4.69) is 5.32 Å². The summed E-state index contributed by atoms with van der Waals surface area (Å²) < 4.78 is 34.2. The molecule has 19 heavy (non-hydrogen) atoms. The number of halogens is 2. The normalized spacial score (nSPS) is 17.5. The Hall–Kier alpha value is -1.16. The average Bonchev–Trinajstić information content (AvgIpc) is 2.47. The first-order chi connectivity index (χ1) is 9.09. The molecule has 1 heterocycles. The molecule has 1 aromatic carbocycles. The number of methoxy groups -OCH3 is 1. The predicted molar refractivity (Wildman–Crippen MR) is 71.9 cm³/mol. The Morgan fingerprint density at radius 2 is 2.00 bits per heavy atom. The molecule has 106 valence electrons. The van der Waals surface area contributed by atoms with Gasteiger partial charge in [-0.25, -0.2) is 8.78 Å². The Morgan fingerprint density at radius 1 is 1.32 bits per heavy atom. The monoisotopic (exact) mass is 269 g/mol. The van der Waals surface area contributed by atoms with Gasteiger partial charge in [-0.05, 0) is 56.1 Å². The zero-order valence-corrected chi connectivity index (χ0v) is 11.5. The van der Waals surface area contributed by atoms with Crippen LogP contribution in [0.4, 0.5) is 8.78 Å². The number of hydrogen-bond donors (Lipinski definition) is 1. The van der Waals surface area contributed by atoms with E-state index in [0.29, 0.717) is 38.1 Å². The van der Waals surface area contributed by atoms with Crippen molar-refractivity contribution in [2.45, 2.75) is 32.1 Å². The van der Waals surface area contributed by atoms with Crippen LogP contribution < -0.4 is 10.1 Å². The van der Waals surface area contributed by atoms with Gasteiger partial charge in [0.05, 0.1) is 7.11 Å². The number of benzene rings is 1. The highest BCUT2D eigenvalue weighted by atomic mass is 19.3. The second-order valence-electron chi connectivity index (χ2n) is 5.03. The van der Waals surface area contributed by atoms with Crippen molar-refractivity contribution < 1.29 is 13.5 Å². The lowest BCUT2D eigenvalue weighted by Gasteiger charge is -2.31. The number of piperidine rings is 1. The van der Waals surface area contributed by atoms with Crippen LogP contribution in [0, 0.1) is 5.92 Å². The molecule has 1 aliphatic rings. The highest BCUT2D eigenvalue weighted by Gasteiger charge is 2.41. The van der Waals surface area contributed by atoms with Gasteiger partial charge >= 0.3 is 0 Å². The third kappa shape index (κ3) is 2.89. The maximum absolute atomic E-state index is 14.5. The SMILES string of the molecule is CCc1cc(C(F)(F)C2CCNCC2)ccc1OC. The minimum atomic E-state index is -2.75. The molecule has 0 atom stereocenters. The van der Waals surface area contributed by atoms with Gasteiger partial charge in [0.1, 0.15) is 5.75 Å². The highest BCUT2D eigenvalue weighted by molar-refractivity contribution is 5.39. The molecule has 0 radical (unpaired) electrons. The molecule has 0 spiro atoms. The van der Waals surface area contributed by atoms with E-state index in [-0.39, 0.29) is 5.56 Å². The molecular formula is C15H21F2NO. The summed E-state index contributed by atoms with van der Waals surface area (Å²) in [6, 6.07) is 4.75. The van der Waals surface area contributed by atoms with Gasteiger partial charge in [0.25, 0.3) is 5.92 Å². The number of hydrogen-bond acceptors (Lipinski definition) is 2. The Morgan fingerprint density at radius 3 is 2.58 bits per heavy atom. The fourth-order valence-corrected chi connectivity index (χ4v) is 2.68. The van der Waals surface area contributed by atoms with Crippen LogP contribution >= 0.6 is 0 Å². The van der Waals surface area contributed by atoms with Gasteiger partial charge < -0.3 is 10.1 Å². The lowest BCUT2D eigenvalue weighted by atomic mass is 9.86. The van der Waals surface area contributed by atoms with E-state index in [9.17, 15) is 8.78 Å². The van der Waals surface area contributed by atoms with Gasteiger partial charge in [0.15, 0.2) is 0 Å². The second kappa shape index (κ2) is 5.87. The van der Waals surface area contributed by atoms with Crippen molar-refractivity contribution in [1.82, 2.24) is 5.32 Å². The zero-order valence-electron chi connectivity index (χ0n) is 11.5. The molecule has 1 aromatic rings. The highest BCUT2D eigenvalue weighted by Crippen LogP contribution is 2.41. The van der Waals surface area contributed by atoms with Crippen molar-refractivity contribution in [3.8, 4) is 5.75 Å². The molecule has 0 amide bonds. The van der Waals surface area contributed by atoms with E-state index in [1.54, 1.807) is 19.2 Å². The van der Waals surface area contributed by atoms with Crippen LogP contribution in [0.5, 0.6) is 5.75 Å². The molecule has 0 saturated carbocycles. The predicted octanol–water partition coefficient (Wildman–Crippen LogP) is 3.35. The fourth-order valence-electron chi connectivity index (χ4n) is 2.68. The smallest absolute Gasteiger partial charge is 0.276 e. The van der Waals surface area contributed by atoms with E-state index in [1.807, 2.05) is 6.92 Å². The molecule has 0 bridgehead atoms. The maximum atomic E-state index is 14.5. The Bertz CT molecular complexity index is 428. The first kappa shape index (κ1) is 14.3. The summed E-state index contributed by atoms with van der Waals surface area (Å²) in [5.74, 6) is -2.63. The number of aryl methyl sites for hydroxylation is 1. The quantitative estimate of drug-likeness (QED) is 0.905. The number of ether oxygens (including phenoxy) is 1. The van der Waals surface area contributed by atoms with Crippen LogP contribution in [0.1, 0.15) is 30.9 Å². The fraction of sp³-hybridized carbons (Fsp3) is 0.600. The molecule has 0 unspecified atom stereocenters. The first-order valence-electron chi connectivity index (χ1n) is 6.85. The van der Waals surface area contributed by atoms with Gasteiger partial charge in [-0.1, -0.05) is 6.92 Å². The topological polar surface area (TPSA) is 21.3 Å². The maximum Gasteiger partial charge on any atom is 0.276 e. The number of nitrogens with one attached hydrogen (secondary N) is 1. The summed E-state index contributed by atoms with van der Waals surface area (Å²) >= 11 is 0. The molecular weight excluding hydrogens is 248 g/mol. The van der Waals surface area contributed by atoms with Crippen molar-refractivity contribution in [2.24, 2.45) is 5.92 Å². The van der Waals surface area contributed by atoms with E-state index >= 15 is 0 Å². The molecule has 1 saturated heterocycles. The van der Waals surface area contributed by atoms with Crippen molar-refractivity contribution >= 4 is 0 Å². The van der Waals surface area contributed by atoms with E-state index in [0.717, 1.165) is 5.56 Å². The van der Waals surface area contributed by atoms with E-state index < -0.39 is 11.8 Å². The number of rotatable bonds is 4. The van der Waals surface area contributed by atoms with Gasteiger partial charge in [-0.15, -0.1) is 0 Å². The van der Waals surface area contributed by atoms with Crippen molar-refractivity contribution in [3.63, 3.8) is 0 Å². The molecule has 0 aromatic heterocycles.